The lowest BCUT2D eigenvalue weighted by Crippen LogP contribution is -2.07. The van der Waals surface area contributed by atoms with Crippen LogP contribution in [0.4, 0.5) is 11.8 Å². The maximum atomic E-state index is 9.36. The second kappa shape index (κ2) is 8.11. The molecule has 0 aliphatic rings. The minimum absolute atomic E-state index is 0.232. The molecule has 0 bridgehead atoms. The van der Waals surface area contributed by atoms with Crippen LogP contribution in [0.25, 0.3) is 0 Å². The molecule has 0 atom stereocenters. The third-order valence-electron chi connectivity index (χ3n) is 3.77. The van der Waals surface area contributed by atoms with E-state index in [4.69, 9.17) is 0 Å². The number of phenols is 1. The summed E-state index contributed by atoms with van der Waals surface area (Å²) in [5.41, 5.74) is 6.69. The van der Waals surface area contributed by atoms with Gasteiger partial charge in [0.2, 0.25) is 5.95 Å². The van der Waals surface area contributed by atoms with Crippen molar-refractivity contribution in [3.63, 3.8) is 0 Å². The molecule has 132 valence electrons. The minimum Gasteiger partial charge on any atom is -0.508 e. The summed E-state index contributed by atoms with van der Waals surface area (Å²) in [6.07, 6.45) is 0. The zero-order valence-corrected chi connectivity index (χ0v) is 14.8. The molecule has 2 aromatic carbocycles. The molecule has 3 aromatic rings. The Balaban J connectivity index is 1.69. The average Bonchev–Trinajstić information content (AvgIpc) is 2.65. The zero-order valence-electron chi connectivity index (χ0n) is 14.8. The highest BCUT2D eigenvalue weighted by Crippen LogP contribution is 2.13. The van der Waals surface area contributed by atoms with E-state index in [2.05, 4.69) is 25.8 Å². The molecule has 0 aliphatic heterocycles. The van der Waals surface area contributed by atoms with Crippen LogP contribution in [0.5, 0.6) is 5.75 Å². The van der Waals surface area contributed by atoms with E-state index < -0.39 is 0 Å². The number of nitrogens with one attached hydrogen (secondary N) is 2. The number of aryl methyl sites for hydroxylation is 1. The summed E-state index contributed by atoms with van der Waals surface area (Å²) in [7, 11) is 0. The number of phenolic OH excluding ortho intramolecular Hbond substituents is 1. The lowest BCUT2D eigenvalue weighted by atomic mass is 10.1. The van der Waals surface area contributed by atoms with Gasteiger partial charge < -0.3 is 10.4 Å². The summed E-state index contributed by atoms with van der Waals surface area (Å²) < 4.78 is 0. The first-order chi connectivity index (χ1) is 12.6. The first-order valence-corrected chi connectivity index (χ1v) is 8.33. The van der Waals surface area contributed by atoms with Gasteiger partial charge in [0.05, 0.1) is 5.71 Å². The van der Waals surface area contributed by atoms with Gasteiger partial charge in [-0.05, 0) is 49.2 Å². The van der Waals surface area contributed by atoms with Crippen molar-refractivity contribution in [1.29, 1.82) is 0 Å². The molecule has 0 saturated heterocycles. The quantitative estimate of drug-likeness (QED) is 0.465. The Morgan fingerprint density at radius 2 is 1.77 bits per heavy atom. The maximum absolute atomic E-state index is 9.36. The Bertz CT molecular complexity index is 892. The fourth-order valence-electron chi connectivity index (χ4n) is 2.39. The number of aromatic nitrogens is 2. The summed E-state index contributed by atoms with van der Waals surface area (Å²) in [6.45, 7) is 4.46. The smallest absolute Gasteiger partial charge is 0.225 e. The van der Waals surface area contributed by atoms with Crippen molar-refractivity contribution in [3.8, 4) is 5.75 Å². The first-order valence-electron chi connectivity index (χ1n) is 8.33. The van der Waals surface area contributed by atoms with Gasteiger partial charge >= 0.3 is 0 Å². The molecule has 1 aromatic heterocycles. The van der Waals surface area contributed by atoms with E-state index in [9.17, 15) is 5.11 Å². The molecule has 0 spiro atoms. The molecule has 26 heavy (non-hydrogen) atoms. The van der Waals surface area contributed by atoms with Gasteiger partial charge in [-0.1, -0.05) is 30.3 Å². The molecule has 0 unspecified atom stereocenters. The summed E-state index contributed by atoms with van der Waals surface area (Å²) in [5.74, 6) is 1.40. The Hall–Kier alpha value is -3.41. The molecule has 0 radical (unpaired) electrons. The van der Waals surface area contributed by atoms with Crippen molar-refractivity contribution in [2.24, 2.45) is 5.10 Å². The summed E-state index contributed by atoms with van der Waals surface area (Å²) in [4.78, 5) is 8.85. The number of hydrogen-bond donors (Lipinski definition) is 3. The van der Waals surface area contributed by atoms with Crippen molar-refractivity contribution in [2.75, 3.05) is 10.7 Å². The van der Waals surface area contributed by atoms with Gasteiger partial charge in [0.25, 0.3) is 0 Å². The van der Waals surface area contributed by atoms with E-state index in [1.807, 2.05) is 62.4 Å². The van der Waals surface area contributed by atoms with Gasteiger partial charge in [-0.3, -0.25) is 5.43 Å². The van der Waals surface area contributed by atoms with Crippen molar-refractivity contribution in [2.45, 2.75) is 20.4 Å². The number of hydrazone groups is 1. The van der Waals surface area contributed by atoms with Gasteiger partial charge in [-0.2, -0.15) is 10.1 Å². The van der Waals surface area contributed by atoms with Gasteiger partial charge in [0.15, 0.2) is 5.82 Å². The number of aromatic hydroxyl groups is 1. The van der Waals surface area contributed by atoms with Crippen LogP contribution in [0.3, 0.4) is 0 Å². The van der Waals surface area contributed by atoms with E-state index in [1.165, 1.54) is 0 Å². The van der Waals surface area contributed by atoms with E-state index in [-0.39, 0.29) is 5.75 Å². The van der Waals surface area contributed by atoms with Crippen molar-refractivity contribution >= 4 is 17.5 Å². The van der Waals surface area contributed by atoms with Gasteiger partial charge in [0.1, 0.15) is 5.75 Å². The van der Waals surface area contributed by atoms with E-state index in [0.29, 0.717) is 18.3 Å². The highest BCUT2D eigenvalue weighted by atomic mass is 16.3. The SMILES string of the molecule is C/C(=N\Nc1cc(C)nc(NCc2ccccc2)n1)c1ccc(O)cc1. The molecule has 1 heterocycles. The molecule has 0 amide bonds. The fourth-order valence-corrected chi connectivity index (χ4v) is 2.39. The molecule has 6 nitrogen and oxygen atoms in total. The van der Waals surface area contributed by atoms with Gasteiger partial charge in [-0.15, -0.1) is 0 Å². The lowest BCUT2D eigenvalue weighted by molar-refractivity contribution is 0.475. The molecule has 0 saturated carbocycles. The number of benzene rings is 2. The molecule has 0 aliphatic carbocycles. The molecular formula is C20H21N5O. The van der Waals surface area contributed by atoms with Crippen LogP contribution in [0, 0.1) is 6.92 Å². The Morgan fingerprint density at radius 3 is 2.50 bits per heavy atom. The van der Waals surface area contributed by atoms with Crippen molar-refractivity contribution < 1.29 is 5.11 Å². The number of nitrogens with zero attached hydrogens (tertiary/aromatic N) is 3. The van der Waals surface area contributed by atoms with E-state index in [1.54, 1.807) is 12.1 Å². The normalized spacial score (nSPS) is 11.2. The van der Waals surface area contributed by atoms with Crippen LogP contribution >= 0.6 is 0 Å². The second-order valence-corrected chi connectivity index (χ2v) is 5.91. The maximum Gasteiger partial charge on any atom is 0.225 e. The number of rotatable bonds is 6. The lowest BCUT2D eigenvalue weighted by Gasteiger charge is -2.08. The van der Waals surface area contributed by atoms with Crippen LogP contribution < -0.4 is 10.7 Å². The highest BCUT2D eigenvalue weighted by molar-refractivity contribution is 5.99. The average molecular weight is 347 g/mol. The second-order valence-electron chi connectivity index (χ2n) is 5.91. The standard InChI is InChI=1S/C20H21N5O/c1-14-12-19(25-24-15(2)17-8-10-18(26)11-9-17)23-20(22-14)21-13-16-6-4-3-5-7-16/h3-12,26H,13H2,1-2H3,(H2,21,22,23,25)/b24-15+. The van der Waals surface area contributed by atoms with Crippen molar-refractivity contribution in [1.82, 2.24) is 9.97 Å². The third-order valence-corrected chi connectivity index (χ3v) is 3.77. The monoisotopic (exact) mass is 347 g/mol. The molecular weight excluding hydrogens is 326 g/mol. The Kier molecular flexibility index (Phi) is 5.43. The topological polar surface area (TPSA) is 82.4 Å². The summed E-state index contributed by atoms with van der Waals surface area (Å²) >= 11 is 0. The van der Waals surface area contributed by atoms with E-state index in [0.717, 1.165) is 22.5 Å². The molecule has 3 N–H and O–H groups in total. The first kappa shape index (κ1) is 17.4. The van der Waals surface area contributed by atoms with Crippen LogP contribution in [-0.2, 0) is 6.54 Å². The highest BCUT2D eigenvalue weighted by Gasteiger charge is 2.03. The largest absolute Gasteiger partial charge is 0.508 e. The van der Waals surface area contributed by atoms with Crippen LogP contribution in [-0.4, -0.2) is 20.8 Å². The predicted octanol–water partition coefficient (Wildman–Crippen LogP) is 3.94. The molecule has 3 rings (SSSR count). The third kappa shape index (κ3) is 4.80. The van der Waals surface area contributed by atoms with Gasteiger partial charge in [-0.25, -0.2) is 4.98 Å². The zero-order chi connectivity index (χ0) is 18.4. The van der Waals surface area contributed by atoms with Crippen LogP contribution in [0.2, 0.25) is 0 Å². The Morgan fingerprint density at radius 1 is 1.04 bits per heavy atom. The predicted molar refractivity (Wildman–Crippen MR) is 104 cm³/mol. The minimum atomic E-state index is 0.232. The fraction of sp³-hybridized carbons (Fsp3) is 0.150. The molecule has 0 fully saturated rings. The van der Waals surface area contributed by atoms with E-state index >= 15 is 0 Å². The summed E-state index contributed by atoms with van der Waals surface area (Å²) in [5, 5.41) is 17.0. The van der Waals surface area contributed by atoms with Crippen LogP contribution in [0.1, 0.15) is 23.7 Å². The number of hydrogen-bond acceptors (Lipinski definition) is 6. The Labute approximate surface area is 152 Å². The van der Waals surface area contributed by atoms with Crippen molar-refractivity contribution in [3.05, 3.63) is 77.5 Å². The number of anilines is 2. The molecule has 6 heteroatoms. The van der Waals surface area contributed by atoms with Crippen LogP contribution in [0.15, 0.2) is 65.8 Å². The van der Waals surface area contributed by atoms with Gasteiger partial charge in [0, 0.05) is 18.3 Å². The summed E-state index contributed by atoms with van der Waals surface area (Å²) in [6, 6.07) is 18.8.